The second-order valence-corrected chi connectivity index (χ2v) is 7.77. The number of hydrogen-bond acceptors (Lipinski definition) is 1. The molecule has 152 valence electrons. The molecule has 0 atom stereocenters. The molecule has 2 heterocycles. The van der Waals surface area contributed by atoms with Crippen molar-refractivity contribution in [3.63, 3.8) is 0 Å². The number of para-hydroxylation sites is 2. The first-order valence-electron chi connectivity index (χ1n) is 9.92. The Kier molecular flexibility index (Phi) is 3.58. The van der Waals surface area contributed by atoms with E-state index >= 15 is 0 Å². The molecule has 0 aliphatic carbocycles. The van der Waals surface area contributed by atoms with Gasteiger partial charge in [0.15, 0.2) is 0 Å². The zero-order valence-corrected chi connectivity index (χ0v) is 16.5. The van der Waals surface area contributed by atoms with Gasteiger partial charge in [-0.1, -0.05) is 48.5 Å². The highest BCUT2D eigenvalue weighted by Gasteiger charge is 2.30. The normalized spacial score (nSPS) is 12.5. The minimum absolute atomic E-state index is 0.665. The van der Waals surface area contributed by atoms with Gasteiger partial charge in [-0.3, -0.25) is 0 Å². The number of benzene rings is 4. The molecule has 0 saturated heterocycles. The highest BCUT2D eigenvalue weighted by atomic mass is 19.4. The standard InChI is InChI=1S/C26H16F3NO/c1-30-21-8-4-2-6-17(21)19-14-20-18-7-3-5-9-22(18)31-25(20)23(24(19)30)15-10-12-16(13-11-15)26(27,28)29/h2-14H,1H3. The van der Waals surface area contributed by atoms with Crippen molar-refractivity contribution in [3.8, 4) is 11.1 Å². The molecule has 6 rings (SSSR count). The highest BCUT2D eigenvalue weighted by Crippen LogP contribution is 2.44. The number of alkyl halides is 3. The molecule has 0 saturated carbocycles. The highest BCUT2D eigenvalue weighted by molar-refractivity contribution is 6.23. The summed E-state index contributed by atoms with van der Waals surface area (Å²) in [5.41, 5.74) is 4.26. The summed E-state index contributed by atoms with van der Waals surface area (Å²) in [5, 5.41) is 4.09. The maximum Gasteiger partial charge on any atom is 0.416 e. The van der Waals surface area contributed by atoms with Crippen LogP contribution in [0.1, 0.15) is 5.56 Å². The molecule has 2 nitrogen and oxygen atoms in total. The predicted octanol–water partition coefficient (Wildman–Crippen LogP) is 7.92. The Balaban J connectivity index is 1.81. The van der Waals surface area contributed by atoms with E-state index in [-0.39, 0.29) is 0 Å². The topological polar surface area (TPSA) is 18.1 Å². The van der Waals surface area contributed by atoms with Gasteiger partial charge in [0.1, 0.15) is 11.2 Å². The second kappa shape index (κ2) is 6.14. The fraction of sp³-hybridized carbons (Fsp3) is 0.0769. The van der Waals surface area contributed by atoms with Crippen molar-refractivity contribution in [2.45, 2.75) is 6.18 Å². The summed E-state index contributed by atoms with van der Waals surface area (Å²) in [6.07, 6.45) is -4.38. The number of furan rings is 1. The number of aryl methyl sites for hydroxylation is 1. The van der Waals surface area contributed by atoms with Gasteiger partial charge in [0.25, 0.3) is 0 Å². The van der Waals surface area contributed by atoms with Crippen LogP contribution in [0, 0.1) is 0 Å². The first-order chi connectivity index (χ1) is 14.9. The Morgan fingerprint density at radius 2 is 1.42 bits per heavy atom. The minimum atomic E-state index is -4.38. The third kappa shape index (κ3) is 2.53. The molecule has 0 unspecified atom stereocenters. The monoisotopic (exact) mass is 415 g/mol. The van der Waals surface area contributed by atoms with Gasteiger partial charge in [0.05, 0.1) is 11.1 Å². The van der Waals surface area contributed by atoms with Crippen LogP contribution in [0.25, 0.3) is 54.9 Å². The smallest absolute Gasteiger partial charge is 0.416 e. The number of hydrogen-bond donors (Lipinski definition) is 0. The van der Waals surface area contributed by atoms with Crippen LogP contribution in [0.3, 0.4) is 0 Å². The number of aromatic nitrogens is 1. The van der Waals surface area contributed by atoms with Crippen molar-refractivity contribution in [3.05, 3.63) is 84.4 Å². The molecular weight excluding hydrogens is 399 g/mol. The third-order valence-corrected chi connectivity index (χ3v) is 6.03. The molecule has 6 aromatic rings. The molecule has 0 spiro atoms. The Hall–Kier alpha value is -3.73. The number of nitrogens with zero attached hydrogens (tertiary/aromatic N) is 1. The van der Waals surface area contributed by atoms with Crippen molar-refractivity contribution < 1.29 is 17.6 Å². The summed E-state index contributed by atoms with van der Waals surface area (Å²) < 4.78 is 47.8. The average Bonchev–Trinajstić information content (AvgIpc) is 3.28. The fourth-order valence-corrected chi connectivity index (χ4v) is 4.61. The van der Waals surface area contributed by atoms with Crippen molar-refractivity contribution >= 4 is 43.7 Å². The first kappa shape index (κ1) is 18.1. The van der Waals surface area contributed by atoms with E-state index in [9.17, 15) is 13.2 Å². The summed E-state index contributed by atoms with van der Waals surface area (Å²) in [4.78, 5) is 0. The number of rotatable bonds is 1. The fourth-order valence-electron chi connectivity index (χ4n) is 4.61. The van der Waals surface area contributed by atoms with Crippen LogP contribution >= 0.6 is 0 Å². The van der Waals surface area contributed by atoms with Crippen LogP contribution in [0.2, 0.25) is 0 Å². The lowest BCUT2D eigenvalue weighted by Gasteiger charge is -2.11. The summed E-state index contributed by atoms with van der Waals surface area (Å²) in [6.45, 7) is 0. The molecule has 0 amide bonds. The lowest BCUT2D eigenvalue weighted by Crippen LogP contribution is -2.04. The van der Waals surface area contributed by atoms with Crippen LogP contribution in [-0.2, 0) is 13.2 Å². The summed E-state index contributed by atoms with van der Waals surface area (Å²) >= 11 is 0. The van der Waals surface area contributed by atoms with Gasteiger partial charge in [-0.25, -0.2) is 0 Å². The van der Waals surface area contributed by atoms with Crippen LogP contribution < -0.4 is 0 Å². The Labute approximate surface area is 175 Å². The molecule has 0 N–H and O–H groups in total. The molecule has 0 aliphatic rings. The van der Waals surface area contributed by atoms with E-state index in [0.29, 0.717) is 11.1 Å². The zero-order valence-electron chi connectivity index (χ0n) is 16.5. The Morgan fingerprint density at radius 3 is 2.16 bits per heavy atom. The number of halogens is 3. The SMILES string of the molecule is Cn1c2ccccc2c2cc3c(oc4ccccc43)c(-c3ccc(C(F)(F)F)cc3)c21. The average molecular weight is 415 g/mol. The van der Waals surface area contributed by atoms with Crippen LogP contribution in [0.15, 0.2) is 83.3 Å². The van der Waals surface area contributed by atoms with Crippen LogP contribution in [-0.4, -0.2) is 4.57 Å². The molecule has 31 heavy (non-hydrogen) atoms. The van der Waals surface area contributed by atoms with E-state index < -0.39 is 11.7 Å². The molecule has 5 heteroatoms. The zero-order chi connectivity index (χ0) is 21.3. The van der Waals surface area contributed by atoms with Crippen LogP contribution in [0.5, 0.6) is 0 Å². The Morgan fingerprint density at radius 1 is 0.742 bits per heavy atom. The Bertz CT molecular complexity index is 1620. The van der Waals surface area contributed by atoms with Gasteiger partial charge in [-0.2, -0.15) is 13.2 Å². The molecular formula is C26H16F3NO. The minimum Gasteiger partial charge on any atom is -0.455 e. The third-order valence-electron chi connectivity index (χ3n) is 6.03. The second-order valence-electron chi connectivity index (χ2n) is 7.77. The van der Waals surface area contributed by atoms with E-state index in [0.717, 1.165) is 55.9 Å². The largest absolute Gasteiger partial charge is 0.455 e. The van der Waals surface area contributed by atoms with E-state index in [4.69, 9.17) is 4.42 Å². The van der Waals surface area contributed by atoms with Crippen molar-refractivity contribution in [2.75, 3.05) is 0 Å². The molecule has 0 fully saturated rings. The predicted molar refractivity (Wildman–Crippen MR) is 118 cm³/mol. The van der Waals surface area contributed by atoms with Crippen LogP contribution in [0.4, 0.5) is 13.2 Å². The van der Waals surface area contributed by atoms with Gasteiger partial charge in [-0.05, 0) is 35.9 Å². The van der Waals surface area contributed by atoms with Gasteiger partial charge in [0.2, 0.25) is 0 Å². The van der Waals surface area contributed by atoms with E-state index in [1.54, 1.807) is 0 Å². The first-order valence-corrected chi connectivity index (χ1v) is 9.92. The maximum absolute atomic E-state index is 13.1. The van der Waals surface area contributed by atoms with Crippen molar-refractivity contribution in [1.29, 1.82) is 0 Å². The van der Waals surface area contributed by atoms with Crippen molar-refractivity contribution in [2.24, 2.45) is 7.05 Å². The molecule has 0 bridgehead atoms. The summed E-state index contributed by atoms with van der Waals surface area (Å²) in [5.74, 6) is 0. The van der Waals surface area contributed by atoms with Gasteiger partial charge in [-0.15, -0.1) is 0 Å². The molecule has 2 aromatic heterocycles. The van der Waals surface area contributed by atoms with E-state index in [1.807, 2.05) is 49.5 Å². The molecule has 0 radical (unpaired) electrons. The van der Waals surface area contributed by atoms with Gasteiger partial charge < -0.3 is 8.98 Å². The van der Waals surface area contributed by atoms with Gasteiger partial charge >= 0.3 is 6.18 Å². The number of fused-ring (bicyclic) bond motifs is 6. The van der Waals surface area contributed by atoms with Gasteiger partial charge in [0, 0.05) is 39.7 Å². The quantitative estimate of drug-likeness (QED) is 0.267. The lowest BCUT2D eigenvalue weighted by atomic mass is 9.97. The summed E-state index contributed by atoms with van der Waals surface area (Å²) in [7, 11) is 1.98. The summed E-state index contributed by atoms with van der Waals surface area (Å²) in [6, 6.07) is 23.3. The van der Waals surface area contributed by atoms with E-state index in [1.165, 1.54) is 12.1 Å². The molecule has 0 aliphatic heterocycles. The maximum atomic E-state index is 13.1. The van der Waals surface area contributed by atoms with E-state index in [2.05, 4.69) is 16.7 Å². The lowest BCUT2D eigenvalue weighted by molar-refractivity contribution is -0.137. The molecule has 4 aromatic carbocycles. The van der Waals surface area contributed by atoms with Crippen molar-refractivity contribution in [1.82, 2.24) is 4.57 Å².